The number of ether oxygens (including phenoxy) is 2. The van der Waals surface area contributed by atoms with Crippen LogP contribution in [0.3, 0.4) is 0 Å². The fourth-order valence-corrected chi connectivity index (χ4v) is 4.05. The van der Waals surface area contributed by atoms with Gasteiger partial charge in [-0.05, 0) is 68.6 Å². The van der Waals surface area contributed by atoms with Crippen LogP contribution in [-0.2, 0) is 16.0 Å². The number of carbonyl (C=O) groups excluding carboxylic acids is 2. The number of likely N-dealkylation sites (tertiary alicyclic amines) is 1. The van der Waals surface area contributed by atoms with E-state index in [0.29, 0.717) is 36.8 Å². The average Bonchev–Trinajstić information content (AvgIpc) is 2.83. The summed E-state index contributed by atoms with van der Waals surface area (Å²) in [4.78, 5) is 27.2. The lowest BCUT2D eigenvalue weighted by molar-refractivity contribution is -0.121. The Hall–Kier alpha value is -3.06. The van der Waals surface area contributed by atoms with Crippen LogP contribution in [0.1, 0.15) is 38.2 Å². The van der Waals surface area contributed by atoms with Crippen molar-refractivity contribution in [2.45, 2.75) is 39.0 Å². The van der Waals surface area contributed by atoms with Gasteiger partial charge in [-0.15, -0.1) is 0 Å². The van der Waals surface area contributed by atoms with Crippen molar-refractivity contribution in [3.05, 3.63) is 48.0 Å². The molecule has 0 saturated carbocycles. The molecular weight excluding hydrogens is 418 g/mol. The summed E-state index contributed by atoms with van der Waals surface area (Å²) < 4.78 is 10.5. The first-order valence-electron chi connectivity index (χ1n) is 11.7. The highest BCUT2D eigenvalue weighted by atomic mass is 16.5. The zero-order chi connectivity index (χ0) is 23.6. The van der Waals surface area contributed by atoms with E-state index >= 15 is 0 Å². The summed E-state index contributed by atoms with van der Waals surface area (Å²) >= 11 is 0. The minimum absolute atomic E-state index is 0.0325. The topological polar surface area (TPSA) is 79.9 Å². The molecule has 1 fully saturated rings. The minimum Gasteiger partial charge on any atom is -0.493 e. The highest BCUT2D eigenvalue weighted by Crippen LogP contribution is 2.29. The summed E-state index contributed by atoms with van der Waals surface area (Å²) in [5.41, 5.74) is 2.80. The van der Waals surface area contributed by atoms with Crippen molar-refractivity contribution < 1.29 is 19.1 Å². The van der Waals surface area contributed by atoms with E-state index in [2.05, 4.69) is 34.6 Å². The maximum Gasteiger partial charge on any atom is 0.238 e. The molecule has 0 atom stereocenters. The first-order valence-corrected chi connectivity index (χ1v) is 11.7. The molecule has 1 aliphatic rings. The second kappa shape index (κ2) is 12.3. The molecule has 2 N–H and O–H groups in total. The summed E-state index contributed by atoms with van der Waals surface area (Å²) in [6, 6.07) is 13.4. The maximum absolute atomic E-state index is 12.7. The second-order valence-corrected chi connectivity index (χ2v) is 8.46. The van der Waals surface area contributed by atoms with Gasteiger partial charge in [0.05, 0.1) is 20.8 Å². The van der Waals surface area contributed by atoms with Gasteiger partial charge in [0.25, 0.3) is 0 Å². The number of rotatable bonds is 10. The molecule has 2 amide bonds. The van der Waals surface area contributed by atoms with E-state index in [1.807, 2.05) is 12.1 Å². The number of amides is 2. The van der Waals surface area contributed by atoms with E-state index in [-0.39, 0.29) is 17.7 Å². The molecule has 7 heteroatoms. The minimum atomic E-state index is -0.0896. The lowest BCUT2D eigenvalue weighted by atomic mass is 9.95. The number of methoxy groups -OCH3 is 2. The van der Waals surface area contributed by atoms with Crippen molar-refractivity contribution >= 4 is 23.2 Å². The van der Waals surface area contributed by atoms with E-state index in [9.17, 15) is 9.59 Å². The van der Waals surface area contributed by atoms with Crippen molar-refractivity contribution in [2.24, 2.45) is 5.92 Å². The monoisotopic (exact) mass is 453 g/mol. The molecule has 0 bridgehead atoms. The number of hydrogen-bond acceptors (Lipinski definition) is 5. The Labute approximate surface area is 196 Å². The molecular formula is C26H35N3O4. The Bertz CT molecular complexity index is 922. The van der Waals surface area contributed by atoms with Crippen LogP contribution in [-0.4, -0.2) is 50.6 Å². The molecule has 2 aromatic carbocycles. The third-order valence-electron chi connectivity index (χ3n) is 6.03. The highest BCUT2D eigenvalue weighted by Gasteiger charge is 2.26. The van der Waals surface area contributed by atoms with Crippen molar-refractivity contribution in [3.63, 3.8) is 0 Å². The van der Waals surface area contributed by atoms with Gasteiger partial charge in [-0.25, -0.2) is 0 Å². The number of nitrogens with zero attached hydrogens (tertiary/aromatic N) is 1. The van der Waals surface area contributed by atoms with Gasteiger partial charge in [-0.2, -0.15) is 0 Å². The Morgan fingerprint density at radius 1 is 0.939 bits per heavy atom. The standard InChI is InChI=1S/C26H35N3O4/c1-4-5-6-19-7-9-21(10-8-19)28-26(31)20-13-15-29(16-14-20)18-25(30)27-22-11-12-23(32-2)24(17-22)33-3/h7-12,17,20H,4-6,13-16,18H2,1-3H3,(H,27,30)(H,28,31). The number of nitrogens with one attached hydrogen (secondary N) is 2. The van der Waals surface area contributed by atoms with Crippen LogP contribution in [0.15, 0.2) is 42.5 Å². The zero-order valence-electron chi connectivity index (χ0n) is 19.9. The molecule has 2 aromatic rings. The van der Waals surface area contributed by atoms with Crippen LogP contribution < -0.4 is 20.1 Å². The first kappa shape index (κ1) is 24.6. The number of hydrogen-bond donors (Lipinski definition) is 2. The molecule has 0 radical (unpaired) electrons. The molecule has 1 heterocycles. The van der Waals surface area contributed by atoms with Crippen molar-refractivity contribution in [3.8, 4) is 11.5 Å². The lowest BCUT2D eigenvalue weighted by Crippen LogP contribution is -2.41. The molecule has 0 spiro atoms. The molecule has 0 aliphatic carbocycles. The Balaban J connectivity index is 1.42. The molecule has 0 aromatic heterocycles. The van der Waals surface area contributed by atoms with Gasteiger partial charge < -0.3 is 20.1 Å². The third kappa shape index (κ3) is 7.22. The summed E-state index contributed by atoms with van der Waals surface area (Å²) in [5.74, 6) is 1.12. The quantitative estimate of drug-likeness (QED) is 0.560. The van der Waals surface area contributed by atoms with Gasteiger partial charge in [-0.3, -0.25) is 14.5 Å². The molecule has 33 heavy (non-hydrogen) atoms. The van der Waals surface area contributed by atoms with E-state index in [1.54, 1.807) is 32.4 Å². The largest absolute Gasteiger partial charge is 0.493 e. The van der Waals surface area contributed by atoms with E-state index < -0.39 is 0 Å². The van der Waals surface area contributed by atoms with E-state index in [1.165, 1.54) is 18.4 Å². The fraction of sp³-hybridized carbons (Fsp3) is 0.462. The van der Waals surface area contributed by atoms with Gasteiger partial charge in [0.1, 0.15) is 0 Å². The van der Waals surface area contributed by atoms with E-state index in [0.717, 1.165) is 24.9 Å². The van der Waals surface area contributed by atoms with Gasteiger partial charge in [0.15, 0.2) is 11.5 Å². The van der Waals surface area contributed by atoms with Crippen molar-refractivity contribution in [1.29, 1.82) is 0 Å². The van der Waals surface area contributed by atoms with Crippen LogP contribution in [0.2, 0.25) is 0 Å². The van der Waals surface area contributed by atoms with Crippen molar-refractivity contribution in [1.82, 2.24) is 4.90 Å². The number of carbonyl (C=O) groups is 2. The Morgan fingerprint density at radius 3 is 2.24 bits per heavy atom. The van der Waals surface area contributed by atoms with Crippen LogP contribution >= 0.6 is 0 Å². The number of benzene rings is 2. The van der Waals surface area contributed by atoms with Crippen LogP contribution in [0.4, 0.5) is 11.4 Å². The summed E-state index contributed by atoms with van der Waals surface area (Å²) in [6.45, 7) is 3.91. The highest BCUT2D eigenvalue weighted by molar-refractivity contribution is 5.93. The predicted molar refractivity (Wildman–Crippen MR) is 131 cm³/mol. The van der Waals surface area contributed by atoms with Crippen molar-refractivity contribution in [2.75, 3.05) is 44.5 Å². The molecule has 178 valence electrons. The lowest BCUT2D eigenvalue weighted by Gasteiger charge is -2.30. The van der Waals surface area contributed by atoms with Gasteiger partial charge in [-0.1, -0.05) is 25.5 Å². The molecule has 1 aliphatic heterocycles. The average molecular weight is 454 g/mol. The normalized spacial score (nSPS) is 14.5. The summed E-state index contributed by atoms with van der Waals surface area (Å²) in [5, 5.41) is 5.95. The predicted octanol–water partition coefficient (Wildman–Crippen LogP) is 4.34. The second-order valence-electron chi connectivity index (χ2n) is 8.46. The van der Waals surface area contributed by atoms with Crippen LogP contribution in [0, 0.1) is 5.92 Å². The summed E-state index contributed by atoms with van der Waals surface area (Å²) in [6.07, 6.45) is 4.91. The smallest absolute Gasteiger partial charge is 0.238 e. The molecule has 7 nitrogen and oxygen atoms in total. The third-order valence-corrected chi connectivity index (χ3v) is 6.03. The van der Waals surface area contributed by atoms with Gasteiger partial charge in [0.2, 0.25) is 11.8 Å². The number of aryl methyl sites for hydroxylation is 1. The van der Waals surface area contributed by atoms with E-state index in [4.69, 9.17) is 9.47 Å². The number of anilines is 2. The summed E-state index contributed by atoms with van der Waals surface area (Å²) in [7, 11) is 3.14. The molecule has 0 unspecified atom stereocenters. The Morgan fingerprint density at radius 2 is 1.61 bits per heavy atom. The maximum atomic E-state index is 12.7. The Kier molecular flexibility index (Phi) is 9.13. The van der Waals surface area contributed by atoms with Crippen LogP contribution in [0.25, 0.3) is 0 Å². The van der Waals surface area contributed by atoms with Gasteiger partial charge in [0, 0.05) is 23.4 Å². The zero-order valence-corrected chi connectivity index (χ0v) is 19.9. The number of piperidine rings is 1. The van der Waals surface area contributed by atoms with Crippen LogP contribution in [0.5, 0.6) is 11.5 Å². The first-order chi connectivity index (χ1) is 16.0. The number of unbranched alkanes of at least 4 members (excludes halogenated alkanes) is 1. The van der Waals surface area contributed by atoms with Gasteiger partial charge >= 0.3 is 0 Å². The molecule has 3 rings (SSSR count). The SMILES string of the molecule is CCCCc1ccc(NC(=O)C2CCN(CC(=O)Nc3ccc(OC)c(OC)c3)CC2)cc1. The molecule has 1 saturated heterocycles. The fourth-order valence-electron chi connectivity index (χ4n) is 4.05.